The van der Waals surface area contributed by atoms with E-state index in [1.165, 1.54) is 0 Å². The van der Waals surface area contributed by atoms with Crippen molar-refractivity contribution in [3.63, 3.8) is 0 Å². The van der Waals surface area contributed by atoms with E-state index in [9.17, 15) is 13.6 Å². The third-order valence-corrected chi connectivity index (χ3v) is 4.05. The quantitative estimate of drug-likeness (QED) is 0.390. The fourth-order valence-electron chi connectivity index (χ4n) is 2.64. The maximum absolute atomic E-state index is 12.7. The molecule has 3 aromatic rings. The van der Waals surface area contributed by atoms with Crippen molar-refractivity contribution in [2.45, 2.75) is 6.43 Å². The van der Waals surface area contributed by atoms with Crippen LogP contribution in [-0.4, -0.2) is 37.2 Å². The number of anilines is 2. The van der Waals surface area contributed by atoms with E-state index in [0.29, 0.717) is 21.7 Å². The largest absolute Gasteiger partial charge is 0.451 e. The second kappa shape index (κ2) is 8.13. The maximum atomic E-state index is 12.7. The van der Waals surface area contributed by atoms with Crippen molar-refractivity contribution >= 4 is 46.2 Å². The Morgan fingerprint density at radius 3 is 2.93 bits per heavy atom. The first-order valence-corrected chi connectivity index (χ1v) is 8.28. The Balaban J connectivity index is 2.19. The molecule has 0 fully saturated rings. The Morgan fingerprint density at radius 1 is 1.44 bits per heavy atom. The number of halogens is 3. The molecule has 0 aliphatic carbocycles. The number of amidine groups is 1. The molecule has 27 heavy (non-hydrogen) atoms. The molecule has 9 heteroatoms. The van der Waals surface area contributed by atoms with Gasteiger partial charge >= 0.3 is 0 Å². The number of aromatic nitrogens is 1. The molecule has 1 aromatic carbocycles. The molecule has 0 saturated carbocycles. The van der Waals surface area contributed by atoms with Crippen molar-refractivity contribution in [3.8, 4) is 0 Å². The second-order valence-corrected chi connectivity index (χ2v) is 5.98. The number of carbonyl (C=O) groups excluding carboxylic acids is 1. The number of amides is 1. The normalized spacial score (nSPS) is 11.8. The molecule has 0 bridgehead atoms. The molecule has 140 valence electrons. The summed E-state index contributed by atoms with van der Waals surface area (Å²) in [7, 11) is 1.76. The molecular formula is C18H15ClF2N4O2. The molecular weight excluding hydrogens is 378 g/mol. The first-order valence-electron chi connectivity index (χ1n) is 7.91. The molecule has 1 N–H and O–H groups in total. The molecule has 2 aromatic heterocycles. The molecule has 0 saturated heterocycles. The van der Waals surface area contributed by atoms with Gasteiger partial charge in [0.25, 0.3) is 6.43 Å². The third-order valence-electron chi connectivity index (χ3n) is 3.81. The average molecular weight is 393 g/mol. The summed E-state index contributed by atoms with van der Waals surface area (Å²) < 4.78 is 31.1. The minimum atomic E-state index is -2.62. The highest BCUT2D eigenvalue weighted by molar-refractivity contribution is 6.31. The van der Waals surface area contributed by atoms with Crippen LogP contribution in [0.1, 0.15) is 5.76 Å². The predicted octanol–water partition coefficient (Wildman–Crippen LogP) is 4.01. The van der Waals surface area contributed by atoms with Crippen LogP contribution in [0.2, 0.25) is 5.02 Å². The van der Waals surface area contributed by atoms with E-state index in [2.05, 4.69) is 15.3 Å². The lowest BCUT2D eigenvalue weighted by molar-refractivity contribution is -0.106. The number of pyridine rings is 1. The van der Waals surface area contributed by atoms with E-state index < -0.39 is 13.0 Å². The summed E-state index contributed by atoms with van der Waals surface area (Å²) in [5.74, 6) is 0.0507. The monoisotopic (exact) mass is 392 g/mol. The van der Waals surface area contributed by atoms with Crippen molar-refractivity contribution in [1.82, 2.24) is 10.3 Å². The number of nitrogens with one attached hydrogen (secondary N) is 1. The minimum absolute atomic E-state index is 0.0941. The highest BCUT2D eigenvalue weighted by Gasteiger charge is 2.24. The summed E-state index contributed by atoms with van der Waals surface area (Å²) in [4.78, 5) is 20.4. The SMILES string of the molecule is CN(c1cccnc1)c1c(/C(=N\C=O)NCC(F)F)oc2ccc(Cl)cc12. The number of carbonyl (C=O) groups is 1. The standard InChI is InChI=1S/C18H15ClF2N4O2/c1-25(12-3-2-6-22-8-12)16-13-7-11(19)4-5-14(13)27-17(16)18(24-10-26)23-9-15(20)21/h2-8,10,15H,9H2,1H3,(H,23,24,26). The summed E-state index contributed by atoms with van der Waals surface area (Å²) >= 11 is 6.12. The van der Waals surface area contributed by atoms with E-state index in [1.54, 1.807) is 48.6 Å². The van der Waals surface area contributed by atoms with Crippen LogP contribution >= 0.6 is 11.6 Å². The van der Waals surface area contributed by atoms with Crippen LogP contribution in [0.5, 0.6) is 0 Å². The fourth-order valence-corrected chi connectivity index (χ4v) is 2.81. The summed E-state index contributed by atoms with van der Waals surface area (Å²) in [5, 5.41) is 3.58. The van der Waals surface area contributed by atoms with E-state index >= 15 is 0 Å². The fraction of sp³-hybridized carbons (Fsp3) is 0.167. The van der Waals surface area contributed by atoms with Gasteiger partial charge < -0.3 is 14.6 Å². The summed E-state index contributed by atoms with van der Waals surface area (Å²) in [6.45, 7) is -0.680. The maximum Gasteiger partial charge on any atom is 0.255 e. The van der Waals surface area contributed by atoms with Crippen LogP contribution in [0.4, 0.5) is 20.2 Å². The number of fused-ring (bicyclic) bond motifs is 1. The van der Waals surface area contributed by atoms with Crippen LogP contribution in [-0.2, 0) is 4.79 Å². The molecule has 3 rings (SSSR count). The topological polar surface area (TPSA) is 70.7 Å². The molecule has 0 atom stereocenters. The van der Waals surface area contributed by atoms with Gasteiger partial charge in [-0.3, -0.25) is 9.78 Å². The van der Waals surface area contributed by atoms with Crippen LogP contribution < -0.4 is 10.2 Å². The first kappa shape index (κ1) is 18.8. The van der Waals surface area contributed by atoms with Crippen molar-refractivity contribution in [1.29, 1.82) is 0 Å². The lowest BCUT2D eigenvalue weighted by Crippen LogP contribution is -2.30. The van der Waals surface area contributed by atoms with Crippen LogP contribution in [0.3, 0.4) is 0 Å². The van der Waals surface area contributed by atoms with Crippen molar-refractivity contribution < 1.29 is 18.0 Å². The van der Waals surface area contributed by atoms with Gasteiger partial charge in [0.15, 0.2) is 11.6 Å². The molecule has 2 heterocycles. The molecule has 0 aliphatic heterocycles. The zero-order valence-corrected chi connectivity index (χ0v) is 15.0. The van der Waals surface area contributed by atoms with Crippen LogP contribution in [0.25, 0.3) is 11.0 Å². The molecule has 1 amide bonds. The summed E-state index contributed by atoms with van der Waals surface area (Å²) in [6, 6.07) is 8.58. The summed E-state index contributed by atoms with van der Waals surface area (Å²) in [6.07, 6.45) is 0.907. The number of furan rings is 1. The highest BCUT2D eigenvalue weighted by Crippen LogP contribution is 2.38. The number of nitrogens with zero attached hydrogens (tertiary/aromatic N) is 3. The lowest BCUT2D eigenvalue weighted by atomic mass is 10.2. The zero-order valence-electron chi connectivity index (χ0n) is 14.2. The predicted molar refractivity (Wildman–Crippen MR) is 100 cm³/mol. The number of benzene rings is 1. The van der Waals surface area contributed by atoms with E-state index in [-0.39, 0.29) is 18.0 Å². The average Bonchev–Trinajstić information content (AvgIpc) is 3.03. The molecule has 0 aliphatic rings. The first-order chi connectivity index (χ1) is 13.0. The number of hydrogen-bond donors (Lipinski definition) is 1. The smallest absolute Gasteiger partial charge is 0.255 e. The minimum Gasteiger partial charge on any atom is -0.451 e. The van der Waals surface area contributed by atoms with Crippen molar-refractivity contribution in [2.24, 2.45) is 4.99 Å². The Kier molecular flexibility index (Phi) is 5.66. The van der Waals surface area contributed by atoms with Gasteiger partial charge in [-0.05, 0) is 30.3 Å². The van der Waals surface area contributed by atoms with E-state index in [4.69, 9.17) is 16.0 Å². The zero-order chi connectivity index (χ0) is 19.4. The highest BCUT2D eigenvalue weighted by atomic mass is 35.5. The number of rotatable bonds is 6. The van der Waals surface area contributed by atoms with Gasteiger partial charge in [-0.1, -0.05) is 11.6 Å². The molecule has 0 unspecified atom stereocenters. The van der Waals surface area contributed by atoms with Crippen LogP contribution in [0.15, 0.2) is 52.1 Å². The molecule has 6 nitrogen and oxygen atoms in total. The van der Waals surface area contributed by atoms with Crippen molar-refractivity contribution in [2.75, 3.05) is 18.5 Å². The van der Waals surface area contributed by atoms with Gasteiger partial charge in [0.2, 0.25) is 6.41 Å². The van der Waals surface area contributed by atoms with Gasteiger partial charge in [-0.25, -0.2) is 8.78 Å². The number of hydrogen-bond acceptors (Lipinski definition) is 4. The lowest BCUT2D eigenvalue weighted by Gasteiger charge is -2.20. The Bertz CT molecular complexity index is 976. The summed E-state index contributed by atoms with van der Waals surface area (Å²) in [5.41, 5.74) is 1.71. The van der Waals surface area contributed by atoms with Gasteiger partial charge in [-0.2, -0.15) is 4.99 Å². The Morgan fingerprint density at radius 2 is 2.26 bits per heavy atom. The van der Waals surface area contributed by atoms with Crippen molar-refractivity contribution in [3.05, 3.63) is 53.5 Å². The van der Waals surface area contributed by atoms with Gasteiger partial charge in [0, 0.05) is 23.7 Å². The second-order valence-electron chi connectivity index (χ2n) is 5.55. The van der Waals surface area contributed by atoms with Gasteiger partial charge in [0.05, 0.1) is 24.1 Å². The van der Waals surface area contributed by atoms with Crippen LogP contribution in [0, 0.1) is 0 Å². The molecule has 0 spiro atoms. The Labute approximate surface area is 158 Å². The van der Waals surface area contributed by atoms with E-state index in [0.717, 1.165) is 5.69 Å². The van der Waals surface area contributed by atoms with Gasteiger partial charge in [0.1, 0.15) is 5.58 Å². The number of alkyl halides is 2. The number of aliphatic imine (C=N–C) groups is 1. The van der Waals surface area contributed by atoms with Gasteiger partial charge in [-0.15, -0.1) is 0 Å². The molecule has 0 radical (unpaired) electrons. The third kappa shape index (κ3) is 4.06. The van der Waals surface area contributed by atoms with E-state index in [1.807, 2.05) is 6.07 Å². The Hall–Kier alpha value is -3.00.